The second-order valence-corrected chi connectivity index (χ2v) is 5.31. The van der Waals surface area contributed by atoms with Gasteiger partial charge in [0.1, 0.15) is 0 Å². The number of benzene rings is 1. The van der Waals surface area contributed by atoms with E-state index in [2.05, 4.69) is 9.93 Å². The first-order chi connectivity index (χ1) is 7.38. The number of nitrogens with zero attached hydrogens (tertiary/aromatic N) is 1. The molecule has 16 heavy (non-hydrogen) atoms. The van der Waals surface area contributed by atoms with E-state index >= 15 is 0 Å². The molecule has 0 aliphatic heterocycles. The molecule has 0 saturated carbocycles. The van der Waals surface area contributed by atoms with Crippen molar-refractivity contribution in [2.24, 2.45) is 5.10 Å². The smallest absolute Gasteiger partial charge is 0.200 e. The highest BCUT2D eigenvalue weighted by atomic mass is 32.2. The average Bonchev–Trinajstić information content (AvgIpc) is 2.12. The summed E-state index contributed by atoms with van der Waals surface area (Å²) in [5.41, 5.74) is 2.51. The fourth-order valence-corrected chi connectivity index (χ4v) is 3.06. The first kappa shape index (κ1) is 12.7. The zero-order valence-electron chi connectivity index (χ0n) is 9.90. The molecule has 1 rings (SSSR count). The van der Waals surface area contributed by atoms with E-state index in [0.717, 1.165) is 16.7 Å². The van der Waals surface area contributed by atoms with E-state index in [1.54, 1.807) is 20.8 Å². The molecule has 0 fully saturated rings. The summed E-state index contributed by atoms with van der Waals surface area (Å²) in [5, 5.41) is 3.56. The number of hydrogen-bond donors (Lipinski definition) is 1. The molecular formula is C11H16N2O2S. The van der Waals surface area contributed by atoms with Crippen molar-refractivity contribution >= 4 is 16.2 Å². The Kier molecular flexibility index (Phi) is 3.70. The number of hydrogen-bond acceptors (Lipinski definition) is 3. The summed E-state index contributed by atoms with van der Waals surface area (Å²) in [7, 11) is -3.55. The highest BCUT2D eigenvalue weighted by Gasteiger charge is 2.18. The molecular weight excluding hydrogens is 224 g/mol. The Morgan fingerprint density at radius 1 is 1.19 bits per heavy atom. The van der Waals surface area contributed by atoms with Gasteiger partial charge in [0.05, 0.1) is 4.90 Å². The van der Waals surface area contributed by atoms with Crippen LogP contribution >= 0.6 is 0 Å². The van der Waals surface area contributed by atoms with Crippen LogP contribution in [-0.2, 0) is 10.0 Å². The van der Waals surface area contributed by atoms with E-state index < -0.39 is 10.0 Å². The summed E-state index contributed by atoms with van der Waals surface area (Å²) in [4.78, 5) is 2.48. The van der Waals surface area contributed by atoms with Crippen molar-refractivity contribution in [2.45, 2.75) is 32.6 Å². The summed E-state index contributed by atoms with van der Waals surface area (Å²) in [6.07, 6.45) is 1.40. The van der Waals surface area contributed by atoms with Gasteiger partial charge >= 0.3 is 0 Å². The molecule has 5 heteroatoms. The minimum atomic E-state index is -3.55. The lowest BCUT2D eigenvalue weighted by molar-refractivity contribution is 0.583. The van der Waals surface area contributed by atoms with E-state index in [0.29, 0.717) is 4.90 Å². The summed E-state index contributed by atoms with van der Waals surface area (Å²) < 4.78 is 23.8. The van der Waals surface area contributed by atoms with Gasteiger partial charge in [-0.2, -0.15) is 13.5 Å². The number of hydrazone groups is 1. The molecule has 0 aromatic heterocycles. The van der Waals surface area contributed by atoms with Crippen LogP contribution in [0.5, 0.6) is 0 Å². The van der Waals surface area contributed by atoms with Gasteiger partial charge < -0.3 is 0 Å². The van der Waals surface area contributed by atoms with Crippen molar-refractivity contribution in [3.63, 3.8) is 0 Å². The summed E-state index contributed by atoms with van der Waals surface area (Å²) in [6, 6.07) is 3.69. The minimum absolute atomic E-state index is 0.309. The highest BCUT2D eigenvalue weighted by molar-refractivity contribution is 7.89. The minimum Gasteiger partial charge on any atom is -0.200 e. The molecule has 0 amide bonds. The van der Waals surface area contributed by atoms with Crippen molar-refractivity contribution in [2.75, 3.05) is 0 Å². The SMILES string of the molecule is CC=NNS(=O)(=O)c1c(C)cc(C)cc1C. The van der Waals surface area contributed by atoms with Gasteiger partial charge in [0.2, 0.25) is 0 Å². The Labute approximate surface area is 96.4 Å². The summed E-state index contributed by atoms with van der Waals surface area (Å²) in [5.74, 6) is 0. The third-order valence-electron chi connectivity index (χ3n) is 2.18. The van der Waals surface area contributed by atoms with Gasteiger partial charge in [-0.05, 0) is 38.8 Å². The first-order valence-electron chi connectivity index (χ1n) is 4.96. The van der Waals surface area contributed by atoms with Gasteiger partial charge in [0, 0.05) is 6.21 Å². The lowest BCUT2D eigenvalue weighted by Crippen LogP contribution is -2.20. The third kappa shape index (κ3) is 2.61. The summed E-state index contributed by atoms with van der Waals surface area (Å²) >= 11 is 0. The maximum absolute atomic E-state index is 11.9. The standard InChI is InChI=1S/C11H16N2O2S/c1-5-12-13-16(14,15)11-9(3)6-8(2)7-10(11)4/h5-7,13H,1-4H3. The fourth-order valence-electron chi connectivity index (χ4n) is 1.76. The zero-order valence-corrected chi connectivity index (χ0v) is 10.7. The topological polar surface area (TPSA) is 58.5 Å². The third-order valence-corrected chi connectivity index (χ3v) is 3.70. The molecule has 1 aromatic carbocycles. The van der Waals surface area contributed by atoms with E-state index in [-0.39, 0.29) is 0 Å². The van der Waals surface area contributed by atoms with Crippen molar-refractivity contribution in [3.8, 4) is 0 Å². The van der Waals surface area contributed by atoms with E-state index in [1.165, 1.54) is 6.21 Å². The molecule has 0 aliphatic rings. The molecule has 0 bridgehead atoms. The molecule has 4 nitrogen and oxygen atoms in total. The van der Waals surface area contributed by atoms with Crippen molar-refractivity contribution in [3.05, 3.63) is 28.8 Å². The fraction of sp³-hybridized carbons (Fsp3) is 0.364. The second-order valence-electron chi connectivity index (χ2n) is 3.71. The van der Waals surface area contributed by atoms with Gasteiger partial charge in [-0.1, -0.05) is 17.7 Å². The van der Waals surface area contributed by atoms with Crippen LogP contribution in [0.3, 0.4) is 0 Å². The quantitative estimate of drug-likeness (QED) is 0.648. The normalized spacial score (nSPS) is 12.0. The largest absolute Gasteiger partial charge is 0.277 e. The predicted molar refractivity (Wildman–Crippen MR) is 65.1 cm³/mol. The van der Waals surface area contributed by atoms with Crippen LogP contribution in [-0.4, -0.2) is 14.6 Å². The Morgan fingerprint density at radius 3 is 2.12 bits per heavy atom. The van der Waals surface area contributed by atoms with Crippen LogP contribution in [0.2, 0.25) is 0 Å². The van der Waals surface area contributed by atoms with E-state index in [4.69, 9.17) is 0 Å². The molecule has 0 aliphatic carbocycles. The van der Waals surface area contributed by atoms with Crippen LogP contribution in [0.1, 0.15) is 23.6 Å². The van der Waals surface area contributed by atoms with Crippen LogP contribution in [0.25, 0.3) is 0 Å². The molecule has 0 saturated heterocycles. The van der Waals surface area contributed by atoms with Gasteiger partial charge in [-0.15, -0.1) is 0 Å². The van der Waals surface area contributed by atoms with Crippen molar-refractivity contribution in [1.82, 2.24) is 4.83 Å². The maximum atomic E-state index is 11.9. The van der Waals surface area contributed by atoms with Crippen LogP contribution < -0.4 is 4.83 Å². The van der Waals surface area contributed by atoms with Gasteiger partial charge in [0.25, 0.3) is 10.0 Å². The molecule has 88 valence electrons. The van der Waals surface area contributed by atoms with Gasteiger partial charge in [-0.25, -0.2) is 4.83 Å². The van der Waals surface area contributed by atoms with Crippen LogP contribution in [0.4, 0.5) is 0 Å². The summed E-state index contributed by atoms with van der Waals surface area (Å²) in [6.45, 7) is 7.15. The first-order valence-corrected chi connectivity index (χ1v) is 6.44. The number of sulfonamides is 1. The lowest BCUT2D eigenvalue weighted by Gasteiger charge is -2.11. The molecule has 0 spiro atoms. The number of nitrogens with one attached hydrogen (secondary N) is 1. The number of rotatable bonds is 3. The molecule has 0 heterocycles. The Morgan fingerprint density at radius 2 is 1.69 bits per heavy atom. The zero-order chi connectivity index (χ0) is 12.3. The molecule has 0 atom stereocenters. The van der Waals surface area contributed by atoms with E-state index in [9.17, 15) is 8.42 Å². The number of aryl methyl sites for hydroxylation is 3. The van der Waals surface area contributed by atoms with Crippen LogP contribution in [0, 0.1) is 20.8 Å². The Balaban J connectivity index is 3.33. The van der Waals surface area contributed by atoms with Crippen molar-refractivity contribution in [1.29, 1.82) is 0 Å². The Bertz CT molecular complexity index is 496. The van der Waals surface area contributed by atoms with Crippen molar-refractivity contribution < 1.29 is 8.42 Å². The van der Waals surface area contributed by atoms with Gasteiger partial charge in [0.15, 0.2) is 0 Å². The molecule has 1 aromatic rings. The molecule has 1 N–H and O–H groups in total. The van der Waals surface area contributed by atoms with E-state index in [1.807, 2.05) is 19.1 Å². The monoisotopic (exact) mass is 240 g/mol. The highest BCUT2D eigenvalue weighted by Crippen LogP contribution is 2.21. The second kappa shape index (κ2) is 4.65. The average molecular weight is 240 g/mol. The molecule has 0 unspecified atom stereocenters. The predicted octanol–water partition coefficient (Wildman–Crippen LogP) is 1.90. The molecule has 0 radical (unpaired) electrons. The lowest BCUT2D eigenvalue weighted by atomic mass is 10.1. The van der Waals surface area contributed by atoms with Crippen LogP contribution in [0.15, 0.2) is 22.1 Å². The van der Waals surface area contributed by atoms with Gasteiger partial charge in [-0.3, -0.25) is 0 Å². The maximum Gasteiger partial charge on any atom is 0.277 e. The Hall–Kier alpha value is -1.36.